The molecule has 0 saturated carbocycles. The van der Waals surface area contributed by atoms with Crippen molar-refractivity contribution in [1.82, 2.24) is 10.2 Å². The van der Waals surface area contributed by atoms with Gasteiger partial charge in [-0.1, -0.05) is 6.07 Å². The lowest BCUT2D eigenvalue weighted by molar-refractivity contribution is 0.316. The van der Waals surface area contributed by atoms with Crippen LogP contribution in [0.1, 0.15) is 24.8 Å². The topological polar surface area (TPSA) is 15.3 Å². The van der Waals surface area contributed by atoms with Gasteiger partial charge in [-0.3, -0.25) is 0 Å². The van der Waals surface area contributed by atoms with E-state index in [1.54, 1.807) is 6.07 Å². The fourth-order valence-electron chi connectivity index (χ4n) is 2.51. The molecule has 1 heterocycles. The summed E-state index contributed by atoms with van der Waals surface area (Å²) in [4.78, 5) is 2.25. The third-order valence-electron chi connectivity index (χ3n) is 3.79. The molecule has 0 aliphatic carbocycles. The zero-order valence-corrected chi connectivity index (χ0v) is 11.5. The first kappa shape index (κ1) is 14.4. The molecule has 19 heavy (non-hydrogen) atoms. The molecule has 0 radical (unpaired) electrons. The average Bonchev–Trinajstić information content (AvgIpc) is 2.91. The molecule has 0 amide bonds. The van der Waals surface area contributed by atoms with E-state index in [-0.39, 0.29) is 0 Å². The Balaban J connectivity index is 1.70. The van der Waals surface area contributed by atoms with Crippen molar-refractivity contribution in [2.75, 3.05) is 26.7 Å². The number of hydrogen-bond donors (Lipinski definition) is 1. The van der Waals surface area contributed by atoms with Gasteiger partial charge in [0.1, 0.15) is 0 Å². The van der Waals surface area contributed by atoms with Crippen LogP contribution in [0.15, 0.2) is 18.2 Å². The molecule has 1 saturated heterocycles. The number of halogens is 2. The minimum Gasteiger partial charge on any atom is -0.314 e. The smallest absolute Gasteiger partial charge is 0.159 e. The van der Waals surface area contributed by atoms with Gasteiger partial charge in [-0.25, -0.2) is 8.78 Å². The number of nitrogens with zero attached hydrogens (tertiary/aromatic N) is 1. The number of likely N-dealkylation sites (N-methyl/N-ethyl adjacent to an activating group) is 1. The number of benzene rings is 1. The average molecular weight is 268 g/mol. The summed E-state index contributed by atoms with van der Waals surface area (Å²) in [5, 5.41) is 3.48. The second-order valence-corrected chi connectivity index (χ2v) is 5.38. The molecular formula is C15H22F2N2. The van der Waals surface area contributed by atoms with E-state index in [4.69, 9.17) is 0 Å². The fraction of sp³-hybridized carbons (Fsp3) is 0.600. The van der Waals surface area contributed by atoms with E-state index in [1.807, 2.05) is 0 Å². The van der Waals surface area contributed by atoms with E-state index in [1.165, 1.54) is 25.0 Å². The molecule has 1 aliphatic rings. The van der Waals surface area contributed by atoms with Crippen molar-refractivity contribution in [3.8, 4) is 0 Å². The van der Waals surface area contributed by atoms with Crippen molar-refractivity contribution in [2.45, 2.75) is 31.7 Å². The molecule has 106 valence electrons. The van der Waals surface area contributed by atoms with Crippen molar-refractivity contribution < 1.29 is 8.78 Å². The molecule has 0 aromatic heterocycles. The van der Waals surface area contributed by atoms with Crippen molar-refractivity contribution in [3.63, 3.8) is 0 Å². The van der Waals surface area contributed by atoms with Gasteiger partial charge in [0, 0.05) is 12.6 Å². The molecule has 1 aromatic rings. The van der Waals surface area contributed by atoms with Crippen LogP contribution in [0, 0.1) is 11.6 Å². The summed E-state index contributed by atoms with van der Waals surface area (Å²) in [6.45, 7) is 3.06. The quantitative estimate of drug-likeness (QED) is 0.853. The predicted molar refractivity (Wildman–Crippen MR) is 73.2 cm³/mol. The predicted octanol–water partition coefficient (Wildman–Crippen LogP) is 2.58. The second kappa shape index (κ2) is 6.96. The van der Waals surface area contributed by atoms with Crippen LogP contribution in [0.4, 0.5) is 8.78 Å². The summed E-state index contributed by atoms with van der Waals surface area (Å²) in [5.74, 6) is -1.53. The molecule has 1 fully saturated rings. The highest BCUT2D eigenvalue weighted by Crippen LogP contribution is 2.11. The van der Waals surface area contributed by atoms with Gasteiger partial charge < -0.3 is 10.2 Å². The standard InChI is InChI=1S/C15H22F2N2/c1-19(10-7-13-3-2-8-18-13)9-6-12-4-5-14(16)15(17)11-12/h4-5,11,13,18H,2-3,6-10H2,1H3. The van der Waals surface area contributed by atoms with Gasteiger partial charge in [-0.2, -0.15) is 0 Å². The molecule has 1 unspecified atom stereocenters. The minimum absolute atomic E-state index is 0.658. The minimum atomic E-state index is -0.774. The highest BCUT2D eigenvalue weighted by molar-refractivity contribution is 5.18. The van der Waals surface area contributed by atoms with Gasteiger partial charge in [0.15, 0.2) is 11.6 Å². The normalized spacial score (nSPS) is 19.3. The third-order valence-corrected chi connectivity index (χ3v) is 3.79. The van der Waals surface area contributed by atoms with Crippen LogP contribution in [-0.4, -0.2) is 37.6 Å². The maximum absolute atomic E-state index is 13.1. The number of nitrogens with one attached hydrogen (secondary N) is 1. The van der Waals surface area contributed by atoms with Crippen LogP contribution in [-0.2, 0) is 6.42 Å². The lowest BCUT2D eigenvalue weighted by atomic mass is 10.1. The molecule has 1 atom stereocenters. The lowest BCUT2D eigenvalue weighted by Gasteiger charge is -2.19. The van der Waals surface area contributed by atoms with E-state index >= 15 is 0 Å². The molecule has 2 rings (SSSR count). The molecule has 1 aromatic carbocycles. The third kappa shape index (κ3) is 4.55. The monoisotopic (exact) mass is 268 g/mol. The van der Waals surface area contributed by atoms with Gasteiger partial charge in [0.05, 0.1) is 0 Å². The van der Waals surface area contributed by atoms with Crippen molar-refractivity contribution in [2.24, 2.45) is 0 Å². The van der Waals surface area contributed by atoms with Gasteiger partial charge in [-0.15, -0.1) is 0 Å². The van der Waals surface area contributed by atoms with Gasteiger partial charge in [0.2, 0.25) is 0 Å². The lowest BCUT2D eigenvalue weighted by Crippen LogP contribution is -2.29. The van der Waals surface area contributed by atoms with Gasteiger partial charge in [0.25, 0.3) is 0 Å². The maximum atomic E-state index is 13.1. The molecule has 0 bridgehead atoms. The Bertz CT molecular complexity index is 403. The first-order chi connectivity index (χ1) is 9.15. The summed E-state index contributed by atoms with van der Waals surface area (Å²) >= 11 is 0. The molecule has 2 nitrogen and oxygen atoms in total. The van der Waals surface area contributed by atoms with E-state index in [2.05, 4.69) is 17.3 Å². The summed E-state index contributed by atoms with van der Waals surface area (Å²) < 4.78 is 25.9. The van der Waals surface area contributed by atoms with Crippen molar-refractivity contribution in [1.29, 1.82) is 0 Å². The summed E-state index contributed by atoms with van der Waals surface area (Å²) in [7, 11) is 2.08. The highest BCUT2D eigenvalue weighted by Gasteiger charge is 2.14. The molecule has 4 heteroatoms. The Morgan fingerprint density at radius 3 is 2.79 bits per heavy atom. The largest absolute Gasteiger partial charge is 0.314 e. The molecular weight excluding hydrogens is 246 g/mol. The first-order valence-electron chi connectivity index (χ1n) is 7.01. The van der Waals surface area contributed by atoms with Crippen LogP contribution < -0.4 is 5.32 Å². The van der Waals surface area contributed by atoms with E-state index < -0.39 is 11.6 Å². The summed E-state index contributed by atoms with van der Waals surface area (Å²) in [6, 6.07) is 4.81. The highest BCUT2D eigenvalue weighted by atomic mass is 19.2. The second-order valence-electron chi connectivity index (χ2n) is 5.38. The van der Waals surface area contributed by atoms with Gasteiger partial charge in [-0.05, 0) is 63.5 Å². The van der Waals surface area contributed by atoms with E-state index in [0.29, 0.717) is 6.04 Å². The Morgan fingerprint density at radius 1 is 1.26 bits per heavy atom. The van der Waals surface area contributed by atoms with Crippen LogP contribution in [0.3, 0.4) is 0 Å². The zero-order chi connectivity index (χ0) is 13.7. The Kier molecular flexibility index (Phi) is 5.28. The van der Waals surface area contributed by atoms with E-state index in [0.717, 1.165) is 38.0 Å². The maximum Gasteiger partial charge on any atom is 0.159 e. The van der Waals surface area contributed by atoms with Crippen molar-refractivity contribution >= 4 is 0 Å². The van der Waals surface area contributed by atoms with Crippen LogP contribution in [0.5, 0.6) is 0 Å². The van der Waals surface area contributed by atoms with Crippen LogP contribution in [0.25, 0.3) is 0 Å². The Labute approximate surface area is 113 Å². The van der Waals surface area contributed by atoms with Gasteiger partial charge >= 0.3 is 0 Å². The number of rotatable bonds is 6. The first-order valence-corrected chi connectivity index (χ1v) is 7.01. The SMILES string of the molecule is CN(CCc1ccc(F)c(F)c1)CCC1CCCN1. The van der Waals surface area contributed by atoms with Crippen LogP contribution >= 0.6 is 0 Å². The fourth-order valence-corrected chi connectivity index (χ4v) is 2.51. The number of hydrogen-bond acceptors (Lipinski definition) is 2. The molecule has 1 aliphatic heterocycles. The summed E-state index contributed by atoms with van der Waals surface area (Å²) in [5.41, 5.74) is 0.852. The van der Waals surface area contributed by atoms with E-state index in [9.17, 15) is 8.78 Å². The summed E-state index contributed by atoms with van der Waals surface area (Å²) in [6.07, 6.45) is 4.47. The zero-order valence-electron chi connectivity index (χ0n) is 11.5. The van der Waals surface area contributed by atoms with Crippen molar-refractivity contribution in [3.05, 3.63) is 35.4 Å². The Morgan fingerprint density at radius 2 is 2.11 bits per heavy atom. The molecule has 1 N–H and O–H groups in total. The van der Waals surface area contributed by atoms with Crippen LogP contribution in [0.2, 0.25) is 0 Å². The molecule has 0 spiro atoms. The Hall–Kier alpha value is -1.00.